The van der Waals surface area contributed by atoms with Gasteiger partial charge in [0.1, 0.15) is 6.54 Å². The number of aryl methyl sites for hydroxylation is 2. The van der Waals surface area contributed by atoms with Crippen molar-refractivity contribution in [2.24, 2.45) is 35.5 Å². The average Bonchev–Trinajstić information content (AvgIpc) is 3.39. The monoisotopic (exact) mass is 350 g/mol. The predicted molar refractivity (Wildman–Crippen MR) is 96.0 cm³/mol. The average molecular weight is 350 g/mol. The Morgan fingerprint density at radius 1 is 1.08 bits per heavy atom. The maximum Gasteiger partial charge on any atom is 0.244 e. The molecule has 2 saturated carbocycles. The number of likely N-dealkylation sites (tertiary alicyclic amines) is 1. The van der Waals surface area contributed by atoms with E-state index in [0.29, 0.717) is 11.8 Å². The Morgan fingerprint density at radius 2 is 1.69 bits per heavy atom. The second-order valence-corrected chi connectivity index (χ2v) is 8.28. The summed E-state index contributed by atoms with van der Waals surface area (Å²) in [6.45, 7) is 3.69. The summed E-state index contributed by atoms with van der Waals surface area (Å²) in [6.07, 6.45) is 5.43. The summed E-state index contributed by atoms with van der Waals surface area (Å²) in [5, 5.41) is 2.86. The summed E-state index contributed by atoms with van der Waals surface area (Å²) in [7, 11) is 0. The van der Waals surface area contributed by atoms with Crippen LogP contribution >= 0.6 is 0 Å². The molecule has 1 aromatic rings. The number of carbonyl (C=O) groups is 3. The van der Waals surface area contributed by atoms with Crippen LogP contribution in [0.25, 0.3) is 0 Å². The molecule has 4 aliphatic carbocycles. The third-order valence-electron chi connectivity index (χ3n) is 6.72. The maximum atomic E-state index is 12.9. The first-order valence-corrected chi connectivity index (χ1v) is 9.36. The number of allylic oxidation sites excluding steroid dienone is 2. The molecule has 1 N–H and O–H groups in total. The molecule has 0 radical (unpaired) electrons. The van der Waals surface area contributed by atoms with Crippen molar-refractivity contribution in [3.8, 4) is 0 Å². The van der Waals surface area contributed by atoms with E-state index in [9.17, 15) is 14.4 Å². The van der Waals surface area contributed by atoms with E-state index in [-0.39, 0.29) is 47.9 Å². The fourth-order valence-corrected chi connectivity index (χ4v) is 5.38. The van der Waals surface area contributed by atoms with Crippen LogP contribution in [0.1, 0.15) is 17.5 Å². The first-order valence-electron chi connectivity index (χ1n) is 9.36. The van der Waals surface area contributed by atoms with Crippen LogP contribution in [0.15, 0.2) is 30.4 Å². The van der Waals surface area contributed by atoms with Gasteiger partial charge in [0.25, 0.3) is 0 Å². The lowest BCUT2D eigenvalue weighted by Gasteiger charge is -2.37. The molecule has 3 amide bonds. The SMILES string of the molecule is Cc1ccc(C)c(NC(=O)CN2C(=O)C3C4C=CC(C5CC45)C3C2=O)c1. The van der Waals surface area contributed by atoms with E-state index >= 15 is 0 Å². The first kappa shape index (κ1) is 15.8. The minimum absolute atomic E-state index is 0.152. The molecule has 1 saturated heterocycles. The van der Waals surface area contributed by atoms with Gasteiger partial charge in [0.15, 0.2) is 0 Å². The normalized spacial score (nSPS) is 36.2. The molecule has 134 valence electrons. The van der Waals surface area contributed by atoms with Crippen LogP contribution in [0.3, 0.4) is 0 Å². The minimum Gasteiger partial charge on any atom is -0.324 e. The molecule has 6 rings (SSSR count). The van der Waals surface area contributed by atoms with Gasteiger partial charge in [-0.05, 0) is 61.1 Å². The van der Waals surface area contributed by atoms with Crippen LogP contribution in [-0.2, 0) is 14.4 Å². The highest BCUT2D eigenvalue weighted by Gasteiger charge is 2.67. The van der Waals surface area contributed by atoms with Crippen LogP contribution in [0, 0.1) is 49.4 Å². The van der Waals surface area contributed by atoms with Gasteiger partial charge in [0, 0.05) is 5.69 Å². The molecule has 0 spiro atoms. The van der Waals surface area contributed by atoms with E-state index in [2.05, 4.69) is 17.5 Å². The van der Waals surface area contributed by atoms with Gasteiger partial charge in [-0.2, -0.15) is 0 Å². The molecule has 5 nitrogen and oxygen atoms in total. The van der Waals surface area contributed by atoms with Gasteiger partial charge in [0.2, 0.25) is 17.7 Å². The number of nitrogens with one attached hydrogen (secondary N) is 1. The molecular formula is C21H22N2O3. The van der Waals surface area contributed by atoms with Crippen molar-refractivity contribution < 1.29 is 14.4 Å². The number of benzene rings is 1. The second kappa shape index (κ2) is 5.29. The summed E-state index contributed by atoms with van der Waals surface area (Å²) >= 11 is 0. The standard InChI is InChI=1S/C21H22N2O3/c1-10-3-4-11(2)16(7-10)22-17(24)9-23-20(25)18-12-5-6-13(15-8-14(12)15)19(18)21(23)26/h3-7,12-15,18-19H,8-9H2,1-2H3,(H,22,24). The Bertz CT molecular complexity index is 838. The zero-order valence-electron chi connectivity index (χ0n) is 14.9. The number of nitrogens with zero attached hydrogens (tertiary/aromatic N) is 1. The summed E-state index contributed by atoms with van der Waals surface area (Å²) in [6, 6.07) is 5.83. The quantitative estimate of drug-likeness (QED) is 0.672. The Kier molecular flexibility index (Phi) is 3.21. The summed E-state index contributed by atoms with van der Waals surface area (Å²) in [4.78, 5) is 39.5. The van der Waals surface area contributed by atoms with Crippen molar-refractivity contribution in [2.75, 3.05) is 11.9 Å². The Hall–Kier alpha value is -2.43. The van der Waals surface area contributed by atoms with E-state index in [1.54, 1.807) is 0 Å². The number of amides is 3. The molecule has 1 aliphatic heterocycles. The maximum absolute atomic E-state index is 12.9. The molecular weight excluding hydrogens is 328 g/mol. The molecule has 6 unspecified atom stereocenters. The van der Waals surface area contributed by atoms with Gasteiger partial charge in [-0.15, -0.1) is 0 Å². The highest BCUT2D eigenvalue weighted by Crippen LogP contribution is 2.65. The third-order valence-corrected chi connectivity index (χ3v) is 6.72. The number of anilines is 1. The van der Waals surface area contributed by atoms with Crippen LogP contribution in [-0.4, -0.2) is 29.2 Å². The van der Waals surface area contributed by atoms with Gasteiger partial charge < -0.3 is 5.32 Å². The fourth-order valence-electron chi connectivity index (χ4n) is 5.38. The van der Waals surface area contributed by atoms with E-state index in [0.717, 1.165) is 23.2 Å². The molecule has 6 atom stereocenters. The van der Waals surface area contributed by atoms with E-state index < -0.39 is 0 Å². The largest absolute Gasteiger partial charge is 0.324 e. The number of hydrogen-bond donors (Lipinski definition) is 1. The molecule has 1 aromatic carbocycles. The lowest BCUT2D eigenvalue weighted by atomic mass is 9.63. The number of rotatable bonds is 3. The van der Waals surface area contributed by atoms with Crippen molar-refractivity contribution in [1.82, 2.24) is 4.90 Å². The highest BCUT2D eigenvalue weighted by molar-refractivity contribution is 6.09. The summed E-state index contributed by atoms with van der Waals surface area (Å²) < 4.78 is 0. The number of imide groups is 1. The zero-order valence-corrected chi connectivity index (χ0v) is 14.9. The van der Waals surface area contributed by atoms with Crippen LogP contribution in [0.5, 0.6) is 0 Å². The van der Waals surface area contributed by atoms with Crippen molar-refractivity contribution in [2.45, 2.75) is 20.3 Å². The Labute approximate surface area is 152 Å². The van der Waals surface area contributed by atoms with Gasteiger partial charge >= 0.3 is 0 Å². The Balaban J connectivity index is 1.34. The number of hydrogen-bond acceptors (Lipinski definition) is 3. The van der Waals surface area contributed by atoms with Crippen molar-refractivity contribution in [3.63, 3.8) is 0 Å². The first-order chi connectivity index (χ1) is 12.5. The zero-order chi connectivity index (χ0) is 18.2. The van der Waals surface area contributed by atoms with Crippen molar-refractivity contribution in [3.05, 3.63) is 41.5 Å². The van der Waals surface area contributed by atoms with Crippen molar-refractivity contribution >= 4 is 23.4 Å². The molecule has 2 bridgehead atoms. The second-order valence-electron chi connectivity index (χ2n) is 8.28. The van der Waals surface area contributed by atoms with E-state index in [4.69, 9.17) is 0 Å². The topological polar surface area (TPSA) is 66.5 Å². The highest BCUT2D eigenvalue weighted by atomic mass is 16.2. The molecule has 5 aliphatic rings. The van der Waals surface area contributed by atoms with Gasteiger partial charge in [-0.3, -0.25) is 19.3 Å². The van der Waals surface area contributed by atoms with Crippen molar-refractivity contribution in [1.29, 1.82) is 0 Å². The third kappa shape index (κ3) is 2.12. The predicted octanol–water partition coefficient (Wildman–Crippen LogP) is 2.30. The van der Waals surface area contributed by atoms with Gasteiger partial charge in [0.05, 0.1) is 11.8 Å². The summed E-state index contributed by atoms with van der Waals surface area (Å²) in [5.74, 6) is 0.436. The van der Waals surface area contributed by atoms with Gasteiger partial charge in [-0.25, -0.2) is 0 Å². The van der Waals surface area contributed by atoms with Gasteiger partial charge in [-0.1, -0.05) is 24.3 Å². The van der Waals surface area contributed by atoms with Crippen LogP contribution in [0.2, 0.25) is 0 Å². The van der Waals surface area contributed by atoms with E-state index in [1.165, 1.54) is 4.90 Å². The fraction of sp³-hybridized carbons (Fsp3) is 0.476. The van der Waals surface area contributed by atoms with Crippen LogP contribution in [0.4, 0.5) is 5.69 Å². The lowest BCUT2D eigenvalue weighted by Crippen LogP contribution is -2.40. The Morgan fingerprint density at radius 3 is 2.31 bits per heavy atom. The molecule has 1 heterocycles. The molecule has 3 fully saturated rings. The summed E-state index contributed by atoms with van der Waals surface area (Å²) in [5.41, 5.74) is 2.74. The van der Waals surface area contributed by atoms with Crippen LogP contribution < -0.4 is 5.32 Å². The number of carbonyl (C=O) groups excluding carboxylic acids is 3. The molecule has 0 aromatic heterocycles. The molecule has 5 heteroatoms. The van der Waals surface area contributed by atoms with E-state index in [1.807, 2.05) is 32.0 Å². The minimum atomic E-state index is -0.315. The smallest absolute Gasteiger partial charge is 0.244 e. The lowest BCUT2D eigenvalue weighted by molar-refractivity contribution is -0.142. The molecule has 26 heavy (non-hydrogen) atoms.